The van der Waals surface area contributed by atoms with Crippen molar-refractivity contribution in [1.29, 1.82) is 0 Å². The molecule has 0 spiro atoms. The van der Waals surface area contributed by atoms with E-state index in [4.69, 9.17) is 0 Å². The maximum Gasteiger partial charge on any atom is 0.416 e. The molecule has 0 fully saturated rings. The number of nitrogens with zero attached hydrogens (tertiary/aromatic N) is 3. The van der Waals surface area contributed by atoms with Gasteiger partial charge in [0.1, 0.15) is 16.9 Å². The molecule has 2 aromatic heterocycles. The van der Waals surface area contributed by atoms with Gasteiger partial charge in [-0.2, -0.15) is 18.3 Å². The predicted octanol–water partition coefficient (Wildman–Crippen LogP) is 2.47. The third kappa shape index (κ3) is 2.50. The molecule has 2 N–H and O–H groups in total. The molecule has 0 amide bonds. The molecule has 4 rings (SSSR count). The molecule has 0 radical (unpaired) electrons. The summed E-state index contributed by atoms with van der Waals surface area (Å²) >= 11 is 0. The lowest BCUT2D eigenvalue weighted by molar-refractivity contribution is -0.137. The van der Waals surface area contributed by atoms with Gasteiger partial charge in [-0.05, 0) is 43.0 Å². The average Bonchev–Trinajstić information content (AvgIpc) is 3.14. The van der Waals surface area contributed by atoms with Crippen molar-refractivity contribution in [2.45, 2.75) is 38.6 Å². The minimum atomic E-state index is -4.39. The van der Waals surface area contributed by atoms with Gasteiger partial charge < -0.3 is 10.1 Å². The third-order valence-electron chi connectivity index (χ3n) is 4.71. The van der Waals surface area contributed by atoms with Crippen molar-refractivity contribution in [2.75, 3.05) is 0 Å². The molecule has 0 unspecified atom stereocenters. The standard InChI is InChI=1S/C17H15F3N4O2/c1-8-21-15-14(16(26)22-8)12(7-25)23-24(15)13-5-2-9-6-10(17(18,19)20)3-4-11(9)13/h3-4,6,13,25H,2,5,7H2,1H3,(H,21,22,26)/t13-/m0/s1. The summed E-state index contributed by atoms with van der Waals surface area (Å²) < 4.78 is 40.3. The van der Waals surface area contributed by atoms with Crippen LogP contribution >= 0.6 is 0 Å². The zero-order chi connectivity index (χ0) is 18.6. The maximum absolute atomic E-state index is 12.9. The molecule has 1 aliphatic rings. The van der Waals surface area contributed by atoms with E-state index in [0.29, 0.717) is 29.9 Å². The number of aryl methyl sites for hydroxylation is 2. The summed E-state index contributed by atoms with van der Waals surface area (Å²) in [7, 11) is 0. The normalized spacial score (nSPS) is 17.0. The van der Waals surface area contributed by atoms with Crippen LogP contribution in [0.25, 0.3) is 11.0 Å². The van der Waals surface area contributed by atoms with Crippen molar-refractivity contribution in [3.8, 4) is 0 Å². The van der Waals surface area contributed by atoms with Crippen molar-refractivity contribution < 1.29 is 18.3 Å². The summed E-state index contributed by atoms with van der Waals surface area (Å²) in [4.78, 5) is 19.1. The summed E-state index contributed by atoms with van der Waals surface area (Å²) in [6, 6.07) is 3.35. The molecule has 2 heterocycles. The number of hydrogen-bond donors (Lipinski definition) is 2. The number of aliphatic hydroxyl groups is 1. The van der Waals surface area contributed by atoms with Gasteiger partial charge in [0.05, 0.1) is 18.2 Å². The van der Waals surface area contributed by atoms with Crippen LogP contribution in [0.4, 0.5) is 13.2 Å². The summed E-state index contributed by atoms with van der Waals surface area (Å²) in [5.41, 5.74) is 0.798. The van der Waals surface area contributed by atoms with Crippen molar-refractivity contribution in [3.05, 3.63) is 56.8 Å². The molecular formula is C17H15F3N4O2. The highest BCUT2D eigenvalue weighted by molar-refractivity contribution is 5.77. The Kier molecular flexibility index (Phi) is 3.65. The zero-order valence-corrected chi connectivity index (χ0v) is 13.8. The molecule has 0 saturated carbocycles. The lowest BCUT2D eigenvalue weighted by atomic mass is 10.0. The second kappa shape index (κ2) is 5.66. The lowest BCUT2D eigenvalue weighted by Crippen LogP contribution is -2.14. The number of aromatic amines is 1. The Hall–Kier alpha value is -2.68. The van der Waals surface area contributed by atoms with E-state index >= 15 is 0 Å². The topological polar surface area (TPSA) is 83.8 Å². The quantitative estimate of drug-likeness (QED) is 0.732. The number of halogens is 3. The predicted molar refractivity (Wildman–Crippen MR) is 86.7 cm³/mol. The lowest BCUT2D eigenvalue weighted by Gasteiger charge is -2.14. The van der Waals surface area contributed by atoms with Gasteiger partial charge in [0.25, 0.3) is 5.56 Å². The Morgan fingerprint density at radius 2 is 2.15 bits per heavy atom. The first-order chi connectivity index (χ1) is 12.3. The number of aliphatic hydroxyl groups excluding tert-OH is 1. The van der Waals surface area contributed by atoms with Crippen LogP contribution in [-0.2, 0) is 19.2 Å². The van der Waals surface area contributed by atoms with E-state index in [9.17, 15) is 23.1 Å². The van der Waals surface area contributed by atoms with Crippen molar-refractivity contribution in [3.63, 3.8) is 0 Å². The van der Waals surface area contributed by atoms with Gasteiger partial charge in [-0.25, -0.2) is 9.67 Å². The van der Waals surface area contributed by atoms with Gasteiger partial charge >= 0.3 is 6.18 Å². The number of nitrogens with one attached hydrogen (secondary N) is 1. The summed E-state index contributed by atoms with van der Waals surface area (Å²) in [6.07, 6.45) is -3.37. The Balaban J connectivity index is 1.88. The molecule has 0 saturated heterocycles. The van der Waals surface area contributed by atoms with Gasteiger partial charge in [0, 0.05) is 0 Å². The highest BCUT2D eigenvalue weighted by Gasteiger charge is 2.34. The van der Waals surface area contributed by atoms with E-state index in [1.165, 1.54) is 12.1 Å². The van der Waals surface area contributed by atoms with Crippen LogP contribution in [0.5, 0.6) is 0 Å². The molecule has 3 aromatic rings. The highest BCUT2D eigenvalue weighted by Crippen LogP contribution is 2.39. The molecule has 0 aliphatic heterocycles. The van der Waals surface area contributed by atoms with Crippen molar-refractivity contribution in [1.82, 2.24) is 19.7 Å². The fourth-order valence-corrected chi connectivity index (χ4v) is 3.58. The number of fused-ring (bicyclic) bond motifs is 2. The molecule has 9 heteroatoms. The number of H-pyrrole nitrogens is 1. The number of aromatic nitrogens is 4. The first-order valence-electron chi connectivity index (χ1n) is 8.08. The monoisotopic (exact) mass is 364 g/mol. The van der Waals surface area contributed by atoms with Crippen LogP contribution in [0.2, 0.25) is 0 Å². The van der Waals surface area contributed by atoms with E-state index in [-0.39, 0.29) is 17.1 Å². The minimum absolute atomic E-state index is 0.203. The van der Waals surface area contributed by atoms with E-state index in [0.717, 1.165) is 11.6 Å². The van der Waals surface area contributed by atoms with Crippen LogP contribution in [-0.4, -0.2) is 24.9 Å². The van der Waals surface area contributed by atoms with Crippen molar-refractivity contribution >= 4 is 11.0 Å². The molecule has 1 aromatic carbocycles. The largest absolute Gasteiger partial charge is 0.416 e. The number of benzene rings is 1. The van der Waals surface area contributed by atoms with Gasteiger partial charge in [-0.15, -0.1) is 0 Å². The van der Waals surface area contributed by atoms with E-state index in [2.05, 4.69) is 15.1 Å². The third-order valence-corrected chi connectivity index (χ3v) is 4.71. The second-order valence-corrected chi connectivity index (χ2v) is 6.37. The van der Waals surface area contributed by atoms with Crippen LogP contribution in [0.1, 0.15) is 40.7 Å². The SMILES string of the molecule is Cc1nc2c(c(CO)nn2[C@H]2CCc3cc(C(F)(F)F)ccc32)c(=O)[nH]1. The molecule has 6 nitrogen and oxygen atoms in total. The van der Waals surface area contributed by atoms with Gasteiger partial charge in [-0.1, -0.05) is 6.07 Å². The summed E-state index contributed by atoms with van der Waals surface area (Å²) in [5, 5.41) is 14.1. The van der Waals surface area contributed by atoms with Crippen LogP contribution in [0, 0.1) is 6.92 Å². The van der Waals surface area contributed by atoms with E-state index < -0.39 is 23.9 Å². The zero-order valence-electron chi connectivity index (χ0n) is 13.8. The van der Waals surface area contributed by atoms with Gasteiger partial charge in [0.15, 0.2) is 5.65 Å². The Labute approximate surface area is 145 Å². The summed E-state index contributed by atoms with van der Waals surface area (Å²) in [5.74, 6) is 0.402. The van der Waals surface area contributed by atoms with Gasteiger partial charge in [0.2, 0.25) is 0 Å². The van der Waals surface area contributed by atoms with E-state index in [1.807, 2.05) is 0 Å². The fraction of sp³-hybridized carbons (Fsp3) is 0.353. The Morgan fingerprint density at radius 1 is 1.38 bits per heavy atom. The average molecular weight is 364 g/mol. The molecule has 1 aliphatic carbocycles. The van der Waals surface area contributed by atoms with Crippen LogP contribution in [0.15, 0.2) is 23.0 Å². The molecule has 0 bridgehead atoms. The number of hydrogen-bond acceptors (Lipinski definition) is 4. The molecule has 26 heavy (non-hydrogen) atoms. The number of alkyl halides is 3. The van der Waals surface area contributed by atoms with E-state index in [1.54, 1.807) is 11.6 Å². The molecular weight excluding hydrogens is 349 g/mol. The maximum atomic E-state index is 12.9. The molecule has 136 valence electrons. The van der Waals surface area contributed by atoms with Crippen LogP contribution < -0.4 is 5.56 Å². The highest BCUT2D eigenvalue weighted by atomic mass is 19.4. The fourth-order valence-electron chi connectivity index (χ4n) is 3.58. The summed E-state index contributed by atoms with van der Waals surface area (Å²) in [6.45, 7) is 1.21. The molecule has 1 atom stereocenters. The second-order valence-electron chi connectivity index (χ2n) is 6.37. The first kappa shape index (κ1) is 16.8. The Bertz CT molecular complexity index is 1070. The Morgan fingerprint density at radius 3 is 2.85 bits per heavy atom. The first-order valence-corrected chi connectivity index (χ1v) is 8.08. The van der Waals surface area contributed by atoms with Crippen molar-refractivity contribution in [2.24, 2.45) is 0 Å². The minimum Gasteiger partial charge on any atom is -0.390 e. The number of rotatable bonds is 2. The smallest absolute Gasteiger partial charge is 0.390 e. The van der Waals surface area contributed by atoms with Gasteiger partial charge in [-0.3, -0.25) is 4.79 Å². The van der Waals surface area contributed by atoms with Crippen LogP contribution in [0.3, 0.4) is 0 Å².